The van der Waals surface area contributed by atoms with Gasteiger partial charge in [0, 0.05) is 59.0 Å². The van der Waals surface area contributed by atoms with E-state index in [1.54, 1.807) is 36.4 Å². The summed E-state index contributed by atoms with van der Waals surface area (Å²) in [5, 5.41) is 8.67. The number of alkyl halides is 1. The molecule has 0 radical (unpaired) electrons. The van der Waals surface area contributed by atoms with Crippen molar-refractivity contribution in [1.29, 1.82) is 0 Å². The van der Waals surface area contributed by atoms with Gasteiger partial charge in [0.15, 0.2) is 5.82 Å². The summed E-state index contributed by atoms with van der Waals surface area (Å²) >= 11 is 0. The number of amides is 3. The van der Waals surface area contributed by atoms with E-state index in [2.05, 4.69) is 44.0 Å². The SMILES string of the molecule is C=CC(=O)N(C=C)c1cccc(-c2nc(NC3CCC(OCOCN4CCC(N5CCC(c6ccc(NC7CCC(=O)NC7=O)cc6F)CC5)C(F)C4)CC3)ncc2F)c1.[HH].[HH].[HH]. The maximum absolute atomic E-state index is 15.5. The molecule has 4 heterocycles. The number of imide groups is 1. The fourth-order valence-corrected chi connectivity index (χ4v) is 8.74. The highest BCUT2D eigenvalue weighted by molar-refractivity contribution is 6.03. The molecule has 16 heteroatoms. The van der Waals surface area contributed by atoms with Gasteiger partial charge in [0.25, 0.3) is 5.91 Å². The van der Waals surface area contributed by atoms with Crippen molar-refractivity contribution in [3.05, 3.63) is 91.3 Å². The Morgan fingerprint density at radius 1 is 0.983 bits per heavy atom. The number of piperidine rings is 3. The standard InChI is InChI=1S/C44H53F3N8O5.3H2/c1-3-41(57)55(4-2)32-7-5-6-29(22-32)42-36(46)24-48-44(52-42)50-30-8-11-33(12-9-30)60-27-59-26-53-19-18-39(37(47)25-53)54-20-16-28(17-21-54)34-13-10-31(23-35(34)45)49-38-14-15-40(56)51-43(38)58;;;/h3-7,10,13,22-24,28,30,33,37-39,49H,1-2,8-9,11-12,14-21,25-27H2,(H,48,50,52)(H,51,56,58);3*1H. The number of likely N-dealkylation sites (tertiary alicyclic amines) is 2. The average Bonchev–Trinajstić information content (AvgIpc) is 3.25. The van der Waals surface area contributed by atoms with E-state index in [9.17, 15) is 18.8 Å². The molecule has 0 bridgehead atoms. The van der Waals surface area contributed by atoms with Gasteiger partial charge in [-0.25, -0.2) is 23.1 Å². The Hall–Kier alpha value is -5.16. The van der Waals surface area contributed by atoms with Crippen LogP contribution in [0.15, 0.2) is 74.1 Å². The highest BCUT2D eigenvalue weighted by Gasteiger charge is 2.36. The van der Waals surface area contributed by atoms with Crippen LogP contribution in [0.5, 0.6) is 0 Å². The third kappa shape index (κ3) is 10.6. The zero-order chi connectivity index (χ0) is 42.2. The molecule has 3 amide bonds. The molecule has 326 valence electrons. The number of rotatable bonds is 15. The summed E-state index contributed by atoms with van der Waals surface area (Å²) in [5.41, 5.74) is 2.24. The smallest absolute Gasteiger partial charge is 0.254 e. The van der Waals surface area contributed by atoms with E-state index >= 15 is 8.78 Å². The maximum Gasteiger partial charge on any atom is 0.254 e. The molecule has 0 spiro atoms. The number of aromatic nitrogens is 2. The Morgan fingerprint density at radius 2 is 1.78 bits per heavy atom. The van der Waals surface area contributed by atoms with Gasteiger partial charge in [-0.05, 0) is 106 Å². The van der Waals surface area contributed by atoms with E-state index in [1.807, 2.05) is 4.90 Å². The molecule has 2 aromatic carbocycles. The zero-order valence-corrected chi connectivity index (χ0v) is 33.7. The molecule has 1 aromatic heterocycles. The highest BCUT2D eigenvalue weighted by atomic mass is 19.1. The van der Waals surface area contributed by atoms with Crippen molar-refractivity contribution in [2.24, 2.45) is 0 Å². The van der Waals surface area contributed by atoms with Crippen LogP contribution in [0.2, 0.25) is 0 Å². The number of carbonyl (C=O) groups is 3. The van der Waals surface area contributed by atoms with Crippen LogP contribution in [0.3, 0.4) is 0 Å². The minimum atomic E-state index is -1.03. The number of nitrogens with zero attached hydrogens (tertiary/aromatic N) is 5. The first-order valence-corrected chi connectivity index (χ1v) is 20.8. The molecular formula is C44H59F3N8O5. The minimum absolute atomic E-state index is 0. The molecule has 1 aliphatic carbocycles. The molecule has 13 nitrogen and oxygen atoms in total. The molecule has 3 saturated heterocycles. The Morgan fingerprint density at radius 3 is 2.50 bits per heavy atom. The Labute approximate surface area is 352 Å². The number of nitrogens with one attached hydrogen (secondary N) is 3. The quantitative estimate of drug-likeness (QED) is 0.0631. The summed E-state index contributed by atoms with van der Waals surface area (Å²) in [5.74, 6) is -1.63. The van der Waals surface area contributed by atoms with Crippen molar-refractivity contribution < 1.29 is 41.3 Å². The highest BCUT2D eigenvalue weighted by Crippen LogP contribution is 2.34. The van der Waals surface area contributed by atoms with Gasteiger partial charge in [0.05, 0.1) is 12.3 Å². The van der Waals surface area contributed by atoms with E-state index in [0.29, 0.717) is 60.9 Å². The molecule has 3 unspecified atom stereocenters. The van der Waals surface area contributed by atoms with E-state index in [0.717, 1.165) is 44.7 Å². The summed E-state index contributed by atoms with van der Waals surface area (Å²) in [6.45, 7) is 9.97. The lowest BCUT2D eigenvalue weighted by Crippen LogP contribution is -2.54. The van der Waals surface area contributed by atoms with Gasteiger partial charge < -0.3 is 20.1 Å². The van der Waals surface area contributed by atoms with Gasteiger partial charge in [0.1, 0.15) is 37.2 Å². The van der Waals surface area contributed by atoms with Crippen molar-refractivity contribution in [2.75, 3.05) is 55.2 Å². The molecule has 7 rings (SSSR count). The van der Waals surface area contributed by atoms with Gasteiger partial charge in [-0.1, -0.05) is 31.4 Å². The van der Waals surface area contributed by atoms with E-state index in [4.69, 9.17) is 9.47 Å². The number of benzene rings is 2. The second-order valence-electron chi connectivity index (χ2n) is 15.9. The lowest BCUT2D eigenvalue weighted by Gasteiger charge is -2.43. The number of halogens is 3. The summed E-state index contributed by atoms with van der Waals surface area (Å²) in [4.78, 5) is 49.9. The van der Waals surface area contributed by atoms with Crippen LogP contribution in [0.1, 0.15) is 73.5 Å². The second-order valence-corrected chi connectivity index (χ2v) is 15.9. The first kappa shape index (κ1) is 42.9. The molecule has 60 heavy (non-hydrogen) atoms. The Balaban J connectivity index is 0.00000290. The van der Waals surface area contributed by atoms with E-state index in [1.165, 1.54) is 23.2 Å². The number of ether oxygens (including phenoxy) is 2. The third-order valence-corrected chi connectivity index (χ3v) is 12.0. The fraction of sp³-hybridized carbons (Fsp3) is 0.477. The third-order valence-electron chi connectivity index (χ3n) is 12.0. The van der Waals surface area contributed by atoms with Crippen LogP contribution in [0, 0.1) is 11.6 Å². The van der Waals surface area contributed by atoms with Crippen LogP contribution in [-0.2, 0) is 23.9 Å². The topological polar surface area (TPSA) is 141 Å². The number of anilines is 3. The summed E-state index contributed by atoms with van der Waals surface area (Å²) in [6.07, 6.45) is 8.61. The van der Waals surface area contributed by atoms with Crippen molar-refractivity contribution in [3.63, 3.8) is 0 Å². The molecule has 4 fully saturated rings. The van der Waals surface area contributed by atoms with Crippen LogP contribution >= 0.6 is 0 Å². The summed E-state index contributed by atoms with van der Waals surface area (Å²) < 4.78 is 57.5. The normalized spacial score (nSPS) is 24.4. The average molecular weight is 837 g/mol. The largest absolute Gasteiger partial charge is 0.374 e. The van der Waals surface area contributed by atoms with Crippen LogP contribution in [0.25, 0.3) is 11.3 Å². The van der Waals surface area contributed by atoms with Gasteiger partial charge in [-0.3, -0.25) is 34.4 Å². The molecular weight excluding hydrogens is 778 g/mol. The fourth-order valence-electron chi connectivity index (χ4n) is 8.74. The van der Waals surface area contributed by atoms with Crippen LogP contribution in [-0.4, -0.2) is 108 Å². The van der Waals surface area contributed by atoms with Gasteiger partial charge >= 0.3 is 0 Å². The van der Waals surface area contributed by atoms with Crippen molar-refractivity contribution >= 4 is 35.0 Å². The number of hydrogen-bond donors (Lipinski definition) is 3. The second kappa shape index (κ2) is 19.9. The molecule has 3 aromatic rings. The zero-order valence-electron chi connectivity index (χ0n) is 33.7. The van der Waals surface area contributed by atoms with Gasteiger partial charge in [0.2, 0.25) is 17.8 Å². The van der Waals surface area contributed by atoms with Crippen molar-refractivity contribution in [2.45, 2.75) is 94.1 Å². The van der Waals surface area contributed by atoms with Crippen molar-refractivity contribution in [3.8, 4) is 11.3 Å². The van der Waals surface area contributed by atoms with Gasteiger partial charge in [-0.15, -0.1) is 0 Å². The van der Waals surface area contributed by atoms with Crippen LogP contribution in [0.4, 0.5) is 30.5 Å². The first-order valence-electron chi connectivity index (χ1n) is 20.8. The molecule has 1 saturated carbocycles. The Kier molecular flexibility index (Phi) is 14.3. The number of carbonyl (C=O) groups excluding carboxylic acids is 3. The lowest BCUT2D eigenvalue weighted by molar-refractivity contribution is -0.133. The van der Waals surface area contributed by atoms with E-state index < -0.39 is 23.9 Å². The summed E-state index contributed by atoms with van der Waals surface area (Å²) in [7, 11) is 0. The van der Waals surface area contributed by atoms with Gasteiger partial charge in [-0.2, -0.15) is 0 Å². The lowest BCUT2D eigenvalue weighted by atomic mass is 9.87. The molecule has 3 N–H and O–H groups in total. The van der Waals surface area contributed by atoms with Crippen LogP contribution < -0.4 is 20.9 Å². The minimum Gasteiger partial charge on any atom is -0.374 e. The van der Waals surface area contributed by atoms with E-state index in [-0.39, 0.29) is 78.2 Å². The number of hydrogen-bond acceptors (Lipinski definition) is 11. The molecule has 3 aliphatic heterocycles. The predicted molar refractivity (Wildman–Crippen MR) is 228 cm³/mol. The molecule has 4 aliphatic rings. The monoisotopic (exact) mass is 836 g/mol. The maximum atomic E-state index is 15.5. The predicted octanol–water partition coefficient (Wildman–Crippen LogP) is 7.00. The molecule has 3 atom stereocenters. The van der Waals surface area contributed by atoms with Crippen molar-refractivity contribution in [1.82, 2.24) is 25.1 Å². The summed E-state index contributed by atoms with van der Waals surface area (Å²) in [6, 6.07) is 11.1. The first-order chi connectivity index (χ1) is 29.1. The Bertz CT molecular complexity index is 2040.